The van der Waals surface area contributed by atoms with Gasteiger partial charge in [-0.15, -0.1) is 11.8 Å². The van der Waals surface area contributed by atoms with Gasteiger partial charge in [0.1, 0.15) is 6.04 Å². The van der Waals surface area contributed by atoms with E-state index in [2.05, 4.69) is 0 Å². The number of carbonyl (C=O) groups is 3. The Bertz CT molecular complexity index is 1160. The molecule has 1 N–H and O–H groups in total. The highest BCUT2D eigenvalue weighted by molar-refractivity contribution is 8.02. The number of carbonyl (C=O) groups excluding carboxylic acids is 3. The Morgan fingerprint density at radius 2 is 1.83 bits per heavy atom. The van der Waals surface area contributed by atoms with Gasteiger partial charge in [0.15, 0.2) is 0 Å². The van der Waals surface area contributed by atoms with Crippen LogP contribution < -0.4 is 4.90 Å². The molecule has 4 aliphatic rings. The third-order valence-corrected chi connectivity index (χ3v) is 10.3. The average molecular weight is 530 g/mol. The Hall–Kier alpha value is -2.29. The van der Waals surface area contributed by atoms with Crippen molar-refractivity contribution >= 4 is 46.8 Å². The molecule has 1 spiro atoms. The number of fused-ring (bicyclic) bond motifs is 2. The van der Waals surface area contributed by atoms with Crippen LogP contribution in [0.25, 0.3) is 0 Å². The first kappa shape index (κ1) is 25.4. The van der Waals surface area contributed by atoms with Gasteiger partial charge in [0.25, 0.3) is 5.91 Å². The Morgan fingerprint density at radius 1 is 1.11 bits per heavy atom. The number of halogens is 1. The van der Waals surface area contributed by atoms with Crippen LogP contribution in [-0.2, 0) is 14.4 Å². The number of amides is 3. The van der Waals surface area contributed by atoms with Gasteiger partial charge in [0.05, 0.1) is 39.9 Å². The van der Waals surface area contributed by atoms with Crippen molar-refractivity contribution in [2.24, 2.45) is 11.8 Å². The summed E-state index contributed by atoms with van der Waals surface area (Å²) in [7, 11) is 1.75. The van der Waals surface area contributed by atoms with Crippen LogP contribution in [0.4, 0.5) is 5.69 Å². The van der Waals surface area contributed by atoms with Crippen LogP contribution in [0.5, 0.6) is 0 Å². The van der Waals surface area contributed by atoms with E-state index in [0.29, 0.717) is 30.2 Å². The number of nitrogens with zero attached hydrogens (tertiary/aromatic N) is 3. The number of para-hydroxylation sites is 1. The van der Waals surface area contributed by atoms with Gasteiger partial charge in [-0.3, -0.25) is 14.4 Å². The average Bonchev–Trinajstić information content (AvgIpc) is 3.11. The predicted octanol–water partition coefficient (Wildman–Crippen LogP) is 3.04. The van der Waals surface area contributed by atoms with Crippen LogP contribution in [0.2, 0.25) is 5.02 Å². The molecule has 1 aromatic carbocycles. The number of likely N-dealkylation sites (tertiary alicyclic amines) is 1. The summed E-state index contributed by atoms with van der Waals surface area (Å²) in [6.07, 6.45) is 8.42. The van der Waals surface area contributed by atoms with Gasteiger partial charge in [-0.2, -0.15) is 0 Å². The van der Waals surface area contributed by atoms with Gasteiger partial charge < -0.3 is 19.8 Å². The van der Waals surface area contributed by atoms with Crippen molar-refractivity contribution in [2.45, 2.75) is 48.8 Å². The fourth-order valence-electron chi connectivity index (χ4n) is 6.56. The predicted molar refractivity (Wildman–Crippen MR) is 142 cm³/mol. The molecule has 2 fully saturated rings. The highest BCUT2D eigenvalue weighted by Gasteiger charge is 2.74. The van der Waals surface area contributed by atoms with E-state index in [4.69, 9.17) is 11.6 Å². The molecule has 4 heterocycles. The zero-order chi connectivity index (χ0) is 26.0. The monoisotopic (exact) mass is 529 g/mol. The van der Waals surface area contributed by atoms with Crippen molar-refractivity contribution < 1.29 is 19.5 Å². The largest absolute Gasteiger partial charge is 0.394 e. The number of aliphatic hydroxyl groups is 1. The van der Waals surface area contributed by atoms with E-state index < -0.39 is 33.4 Å². The number of rotatable bonds is 4. The number of anilines is 1. The molecule has 3 amide bonds. The highest BCUT2D eigenvalue weighted by atomic mass is 35.5. The lowest BCUT2D eigenvalue weighted by Crippen LogP contribution is -2.57. The van der Waals surface area contributed by atoms with E-state index in [9.17, 15) is 19.5 Å². The maximum Gasteiger partial charge on any atom is 0.251 e. The summed E-state index contributed by atoms with van der Waals surface area (Å²) in [6, 6.07) is 4.10. The molecule has 4 aliphatic heterocycles. The Balaban J connectivity index is 1.71. The normalized spacial score (nSPS) is 34.4. The van der Waals surface area contributed by atoms with Gasteiger partial charge in [0, 0.05) is 24.9 Å². The van der Waals surface area contributed by atoms with E-state index in [1.165, 1.54) is 0 Å². The first-order valence-corrected chi connectivity index (χ1v) is 13.6. The van der Waals surface area contributed by atoms with Crippen molar-refractivity contribution in [1.82, 2.24) is 9.80 Å². The minimum absolute atomic E-state index is 0.0910. The van der Waals surface area contributed by atoms with Crippen molar-refractivity contribution in [3.8, 4) is 0 Å². The first-order valence-electron chi connectivity index (χ1n) is 12.4. The molecule has 192 valence electrons. The summed E-state index contributed by atoms with van der Waals surface area (Å²) in [5, 5.41) is 10.7. The summed E-state index contributed by atoms with van der Waals surface area (Å²) in [4.78, 5) is 47.3. The fraction of sp³-hybridized carbons (Fsp3) is 0.519. The van der Waals surface area contributed by atoms with Crippen LogP contribution in [0, 0.1) is 18.8 Å². The Labute approximate surface area is 221 Å². The summed E-state index contributed by atoms with van der Waals surface area (Å²) >= 11 is 8.13. The first-order chi connectivity index (χ1) is 17.1. The molecule has 5 rings (SSSR count). The van der Waals surface area contributed by atoms with Gasteiger partial charge in [-0.1, -0.05) is 55.0 Å². The number of hydrogen-bond acceptors (Lipinski definition) is 5. The minimum Gasteiger partial charge on any atom is -0.394 e. The molecule has 7 nitrogen and oxygen atoms in total. The van der Waals surface area contributed by atoms with Crippen LogP contribution in [0.1, 0.15) is 25.8 Å². The summed E-state index contributed by atoms with van der Waals surface area (Å²) in [6.45, 7) is 6.33. The molecule has 0 bridgehead atoms. The summed E-state index contributed by atoms with van der Waals surface area (Å²) in [5.74, 6) is -1.91. The third kappa shape index (κ3) is 3.41. The Kier molecular flexibility index (Phi) is 6.29. The fourth-order valence-corrected chi connectivity index (χ4v) is 9.02. The lowest BCUT2D eigenvalue weighted by molar-refractivity contribution is -0.144. The number of hydrogen-bond donors (Lipinski definition) is 1. The lowest BCUT2D eigenvalue weighted by Gasteiger charge is -2.39. The van der Waals surface area contributed by atoms with Crippen LogP contribution in [-0.4, -0.2) is 80.9 Å². The topological polar surface area (TPSA) is 81.2 Å². The SMILES string of the molecule is CC[C@@H](CO)N1C(=O)[C@@H]2[C@@H]3C(=O)N(C)CC=C[C@]3(C)S[C@@]23C=CCN(c2c(C)cccc2Cl)C(=O)C13. The number of benzene rings is 1. The molecule has 1 unspecified atom stereocenters. The second-order valence-corrected chi connectivity index (χ2v) is 12.6. The molecule has 0 aliphatic carbocycles. The quantitative estimate of drug-likeness (QED) is 0.606. The maximum atomic E-state index is 14.5. The van der Waals surface area contributed by atoms with E-state index in [0.717, 1.165) is 5.56 Å². The molecular formula is C27H32ClN3O4S. The molecular weight excluding hydrogens is 498 g/mol. The van der Waals surface area contributed by atoms with Crippen molar-refractivity contribution in [3.05, 3.63) is 53.1 Å². The van der Waals surface area contributed by atoms with Gasteiger partial charge in [-0.05, 0) is 31.9 Å². The van der Waals surface area contributed by atoms with E-state index in [1.807, 2.05) is 57.2 Å². The maximum absolute atomic E-state index is 14.5. The number of aryl methyl sites for hydroxylation is 1. The van der Waals surface area contributed by atoms with Crippen molar-refractivity contribution in [1.29, 1.82) is 0 Å². The molecule has 36 heavy (non-hydrogen) atoms. The number of aliphatic hydroxyl groups excluding tert-OH is 1. The second kappa shape index (κ2) is 8.92. The molecule has 2 saturated heterocycles. The van der Waals surface area contributed by atoms with Crippen LogP contribution >= 0.6 is 23.4 Å². The van der Waals surface area contributed by atoms with Gasteiger partial charge >= 0.3 is 0 Å². The molecule has 1 aromatic rings. The zero-order valence-corrected chi connectivity index (χ0v) is 22.6. The molecule has 0 radical (unpaired) electrons. The van der Waals surface area contributed by atoms with E-state index >= 15 is 0 Å². The Morgan fingerprint density at radius 3 is 2.50 bits per heavy atom. The third-order valence-electron chi connectivity index (χ3n) is 8.23. The van der Waals surface area contributed by atoms with Crippen molar-refractivity contribution in [2.75, 3.05) is 31.6 Å². The van der Waals surface area contributed by atoms with Crippen LogP contribution in [0.15, 0.2) is 42.5 Å². The van der Waals surface area contributed by atoms with Crippen molar-refractivity contribution in [3.63, 3.8) is 0 Å². The minimum atomic E-state index is -0.946. The zero-order valence-electron chi connectivity index (χ0n) is 21.0. The van der Waals surface area contributed by atoms with E-state index in [1.54, 1.807) is 39.6 Å². The summed E-state index contributed by atoms with van der Waals surface area (Å²) < 4.78 is -1.59. The lowest BCUT2D eigenvalue weighted by atomic mass is 9.74. The molecule has 6 atom stereocenters. The standard InChI is InChI=1S/C27H32ClN3O4S/c1-5-17(15-32)31-22-25(35)30(21-16(2)9-6-10-18(21)28)14-8-12-27(22)20(24(31)34)19-23(33)29(4)13-7-11-26(19,3)36-27/h6-12,17,19-20,22,32H,5,13-15H2,1-4H3/t17-,19+,20-,22?,26-,27-/m0/s1. The van der Waals surface area contributed by atoms with Gasteiger partial charge in [0.2, 0.25) is 11.8 Å². The smallest absolute Gasteiger partial charge is 0.251 e. The highest BCUT2D eigenvalue weighted by Crippen LogP contribution is 2.66. The van der Waals surface area contributed by atoms with Crippen LogP contribution in [0.3, 0.4) is 0 Å². The number of likely N-dealkylation sites (N-methyl/N-ethyl adjacent to an activating group) is 1. The summed E-state index contributed by atoms with van der Waals surface area (Å²) in [5.41, 5.74) is 1.48. The number of thioether (sulfide) groups is 1. The van der Waals surface area contributed by atoms with E-state index in [-0.39, 0.29) is 24.3 Å². The molecule has 9 heteroatoms. The second-order valence-electron chi connectivity index (χ2n) is 10.4. The van der Waals surface area contributed by atoms with Gasteiger partial charge in [-0.25, -0.2) is 0 Å². The molecule has 0 saturated carbocycles. The molecule has 0 aromatic heterocycles.